The summed E-state index contributed by atoms with van der Waals surface area (Å²) in [5.74, 6) is 0.891. The molecule has 1 aromatic heterocycles. The van der Waals surface area contributed by atoms with Crippen LogP contribution in [0.5, 0.6) is 0 Å². The molecule has 1 heterocycles. The van der Waals surface area contributed by atoms with E-state index in [0.717, 1.165) is 25.2 Å². The zero-order valence-corrected chi connectivity index (χ0v) is 9.98. The lowest BCUT2D eigenvalue weighted by Crippen LogP contribution is -2.09. The SMILES string of the molecule is Cc1nccn1CCCCCCCC(N)=O. The minimum atomic E-state index is -0.186. The largest absolute Gasteiger partial charge is 0.370 e. The Morgan fingerprint density at radius 3 is 2.62 bits per heavy atom. The number of imidazole rings is 1. The third kappa shape index (κ3) is 4.96. The minimum Gasteiger partial charge on any atom is -0.370 e. The number of primary amides is 1. The zero-order chi connectivity index (χ0) is 11.8. The van der Waals surface area contributed by atoms with Crippen molar-refractivity contribution in [3.8, 4) is 0 Å². The molecular weight excluding hydrogens is 202 g/mol. The van der Waals surface area contributed by atoms with Crippen LogP contribution in [-0.4, -0.2) is 15.5 Å². The summed E-state index contributed by atoms with van der Waals surface area (Å²) in [5.41, 5.74) is 5.06. The Hall–Kier alpha value is -1.32. The van der Waals surface area contributed by atoms with Crippen LogP contribution in [0.3, 0.4) is 0 Å². The van der Waals surface area contributed by atoms with Gasteiger partial charge in [0.2, 0.25) is 5.91 Å². The van der Waals surface area contributed by atoms with Crippen LogP contribution in [-0.2, 0) is 11.3 Å². The summed E-state index contributed by atoms with van der Waals surface area (Å²) in [6, 6.07) is 0. The summed E-state index contributed by atoms with van der Waals surface area (Å²) in [7, 11) is 0. The Labute approximate surface area is 96.9 Å². The van der Waals surface area contributed by atoms with Crippen LogP contribution in [0.1, 0.15) is 44.3 Å². The Kier molecular flexibility index (Phi) is 5.61. The predicted octanol–water partition coefficient (Wildman–Crippen LogP) is 2.02. The molecular formula is C12H21N3O. The number of unbranched alkanes of at least 4 members (excludes halogenated alkanes) is 4. The van der Waals surface area contributed by atoms with Crippen molar-refractivity contribution < 1.29 is 4.79 Å². The first-order valence-electron chi connectivity index (χ1n) is 5.96. The molecule has 90 valence electrons. The fraction of sp³-hybridized carbons (Fsp3) is 0.667. The first-order chi connectivity index (χ1) is 7.70. The van der Waals surface area contributed by atoms with E-state index in [1.165, 1.54) is 19.3 Å². The van der Waals surface area contributed by atoms with Gasteiger partial charge in [-0.2, -0.15) is 0 Å². The average Bonchev–Trinajstić information content (AvgIpc) is 2.62. The number of amides is 1. The molecule has 0 aliphatic heterocycles. The smallest absolute Gasteiger partial charge is 0.217 e. The highest BCUT2D eigenvalue weighted by Gasteiger charge is 1.97. The minimum absolute atomic E-state index is 0.186. The van der Waals surface area contributed by atoms with E-state index in [1.807, 2.05) is 19.3 Å². The molecule has 0 bridgehead atoms. The summed E-state index contributed by atoms with van der Waals surface area (Å²) in [6.45, 7) is 3.06. The molecule has 16 heavy (non-hydrogen) atoms. The second-order valence-electron chi connectivity index (χ2n) is 4.15. The van der Waals surface area contributed by atoms with E-state index in [1.54, 1.807) is 0 Å². The second-order valence-corrected chi connectivity index (χ2v) is 4.15. The first-order valence-corrected chi connectivity index (χ1v) is 5.96. The fourth-order valence-corrected chi connectivity index (χ4v) is 1.75. The van der Waals surface area contributed by atoms with Crippen LogP contribution < -0.4 is 5.73 Å². The van der Waals surface area contributed by atoms with Crippen molar-refractivity contribution in [3.05, 3.63) is 18.2 Å². The van der Waals surface area contributed by atoms with Gasteiger partial charge in [-0.15, -0.1) is 0 Å². The predicted molar refractivity (Wildman–Crippen MR) is 63.9 cm³/mol. The molecule has 0 aliphatic rings. The van der Waals surface area contributed by atoms with E-state index < -0.39 is 0 Å². The number of carbonyl (C=O) groups excluding carboxylic acids is 1. The van der Waals surface area contributed by atoms with Crippen molar-refractivity contribution in [3.63, 3.8) is 0 Å². The Bertz CT molecular complexity index is 320. The maximum absolute atomic E-state index is 10.5. The maximum Gasteiger partial charge on any atom is 0.217 e. The van der Waals surface area contributed by atoms with Gasteiger partial charge >= 0.3 is 0 Å². The molecule has 0 unspecified atom stereocenters. The number of nitrogens with zero attached hydrogens (tertiary/aromatic N) is 2. The van der Waals surface area contributed by atoms with Crippen molar-refractivity contribution >= 4 is 5.91 Å². The van der Waals surface area contributed by atoms with Gasteiger partial charge in [0.25, 0.3) is 0 Å². The molecule has 0 fully saturated rings. The lowest BCUT2D eigenvalue weighted by molar-refractivity contribution is -0.118. The van der Waals surface area contributed by atoms with Crippen molar-refractivity contribution in [1.29, 1.82) is 0 Å². The molecule has 0 atom stereocenters. The highest BCUT2D eigenvalue weighted by atomic mass is 16.1. The van der Waals surface area contributed by atoms with Crippen LogP contribution in [0.2, 0.25) is 0 Å². The molecule has 0 saturated heterocycles. The van der Waals surface area contributed by atoms with Crippen LogP contribution in [0.25, 0.3) is 0 Å². The molecule has 1 rings (SSSR count). The van der Waals surface area contributed by atoms with Crippen LogP contribution >= 0.6 is 0 Å². The summed E-state index contributed by atoms with van der Waals surface area (Å²) >= 11 is 0. The van der Waals surface area contributed by atoms with Gasteiger partial charge in [-0.05, 0) is 19.8 Å². The Balaban J connectivity index is 1.96. The van der Waals surface area contributed by atoms with Crippen molar-refractivity contribution in [2.24, 2.45) is 5.73 Å². The number of carbonyl (C=O) groups is 1. The molecule has 0 spiro atoms. The van der Waals surface area contributed by atoms with Crippen molar-refractivity contribution in [2.75, 3.05) is 0 Å². The molecule has 1 amide bonds. The lowest BCUT2D eigenvalue weighted by atomic mass is 10.1. The van der Waals surface area contributed by atoms with Crippen molar-refractivity contribution in [1.82, 2.24) is 9.55 Å². The van der Waals surface area contributed by atoms with Gasteiger partial charge in [0.15, 0.2) is 0 Å². The molecule has 4 heteroatoms. The normalized spacial score (nSPS) is 10.6. The molecule has 0 saturated carbocycles. The Morgan fingerprint density at radius 1 is 1.31 bits per heavy atom. The average molecular weight is 223 g/mol. The quantitative estimate of drug-likeness (QED) is 0.685. The zero-order valence-electron chi connectivity index (χ0n) is 9.98. The van der Waals surface area contributed by atoms with E-state index in [9.17, 15) is 4.79 Å². The van der Waals surface area contributed by atoms with E-state index in [4.69, 9.17) is 5.73 Å². The number of nitrogens with two attached hydrogens (primary N) is 1. The summed E-state index contributed by atoms with van der Waals surface area (Å²) < 4.78 is 2.17. The van der Waals surface area contributed by atoms with Gasteiger partial charge < -0.3 is 10.3 Å². The van der Waals surface area contributed by atoms with Gasteiger partial charge in [-0.3, -0.25) is 4.79 Å². The van der Waals surface area contributed by atoms with E-state index in [2.05, 4.69) is 9.55 Å². The number of aromatic nitrogens is 2. The third-order valence-corrected chi connectivity index (χ3v) is 2.75. The van der Waals surface area contributed by atoms with Crippen LogP contribution in [0, 0.1) is 6.92 Å². The summed E-state index contributed by atoms with van der Waals surface area (Å²) in [5, 5.41) is 0. The van der Waals surface area contributed by atoms with E-state index >= 15 is 0 Å². The number of rotatable bonds is 8. The second kappa shape index (κ2) is 7.04. The van der Waals surface area contributed by atoms with Gasteiger partial charge in [0, 0.05) is 25.4 Å². The van der Waals surface area contributed by atoms with Crippen LogP contribution in [0.4, 0.5) is 0 Å². The molecule has 0 aliphatic carbocycles. The lowest BCUT2D eigenvalue weighted by Gasteiger charge is -2.04. The molecule has 0 radical (unpaired) electrons. The summed E-state index contributed by atoms with van der Waals surface area (Å²) in [4.78, 5) is 14.7. The third-order valence-electron chi connectivity index (χ3n) is 2.75. The van der Waals surface area contributed by atoms with Gasteiger partial charge in [0.1, 0.15) is 5.82 Å². The number of hydrogen-bond acceptors (Lipinski definition) is 2. The Morgan fingerprint density at radius 2 is 2.00 bits per heavy atom. The molecule has 0 aromatic carbocycles. The number of aryl methyl sites for hydroxylation is 2. The van der Waals surface area contributed by atoms with Crippen LogP contribution in [0.15, 0.2) is 12.4 Å². The topological polar surface area (TPSA) is 60.9 Å². The van der Waals surface area contributed by atoms with Crippen molar-refractivity contribution in [2.45, 2.75) is 52.0 Å². The fourth-order valence-electron chi connectivity index (χ4n) is 1.75. The maximum atomic E-state index is 10.5. The highest BCUT2D eigenvalue weighted by Crippen LogP contribution is 2.07. The standard InChI is InChI=1S/C12H21N3O/c1-11-14-8-10-15(11)9-6-4-2-3-5-7-12(13)16/h8,10H,2-7,9H2,1H3,(H2,13,16). The monoisotopic (exact) mass is 223 g/mol. The first kappa shape index (κ1) is 12.7. The molecule has 2 N–H and O–H groups in total. The number of hydrogen-bond donors (Lipinski definition) is 1. The van der Waals surface area contributed by atoms with Gasteiger partial charge in [-0.25, -0.2) is 4.98 Å². The van der Waals surface area contributed by atoms with Gasteiger partial charge in [-0.1, -0.05) is 19.3 Å². The summed E-state index contributed by atoms with van der Waals surface area (Å²) in [6.07, 6.45) is 9.97. The highest BCUT2D eigenvalue weighted by molar-refractivity contribution is 5.73. The molecule has 4 nitrogen and oxygen atoms in total. The van der Waals surface area contributed by atoms with E-state index in [0.29, 0.717) is 6.42 Å². The van der Waals surface area contributed by atoms with Gasteiger partial charge in [0.05, 0.1) is 0 Å². The molecule has 1 aromatic rings. The van der Waals surface area contributed by atoms with E-state index in [-0.39, 0.29) is 5.91 Å².